The number of carbonyl (C=O) groups excluding carboxylic acids is 2. The number of nitrogens with one attached hydrogen (secondary N) is 1. The smallest absolute Gasteiger partial charge is 0.305 e. The lowest BCUT2D eigenvalue weighted by molar-refractivity contribution is -0.143. The second-order valence-electron chi connectivity index (χ2n) is 16.4. The normalized spacial score (nSPS) is 12.9. The average Bonchev–Trinajstić information content (AvgIpc) is 3.18. The molecule has 0 saturated heterocycles. The average molecular weight is 776 g/mol. The van der Waals surface area contributed by atoms with Gasteiger partial charge in [0.25, 0.3) is 0 Å². The summed E-state index contributed by atoms with van der Waals surface area (Å²) >= 11 is 0. The van der Waals surface area contributed by atoms with Crippen LogP contribution in [0, 0.1) is 0 Å². The Morgan fingerprint density at radius 2 is 0.855 bits per heavy atom. The number of allylic oxidation sites excluding steroid dienone is 3. The van der Waals surface area contributed by atoms with Crippen molar-refractivity contribution in [2.24, 2.45) is 0 Å². The summed E-state index contributed by atoms with van der Waals surface area (Å²) in [6.07, 6.45) is 51.7. The number of aliphatic hydroxyl groups excluding tert-OH is 2. The van der Waals surface area contributed by atoms with E-state index in [1.807, 2.05) is 6.08 Å². The fraction of sp³-hybridized carbons (Fsp3) is 0.878. The molecule has 0 aromatic rings. The van der Waals surface area contributed by atoms with Gasteiger partial charge in [0.15, 0.2) is 0 Å². The second kappa shape index (κ2) is 45.0. The molecular formula is C49H93NO5. The number of hydrogen-bond donors (Lipinski definition) is 3. The zero-order valence-electron chi connectivity index (χ0n) is 36.7. The van der Waals surface area contributed by atoms with E-state index in [4.69, 9.17) is 4.74 Å². The van der Waals surface area contributed by atoms with Crippen LogP contribution in [-0.4, -0.2) is 47.4 Å². The third-order valence-corrected chi connectivity index (χ3v) is 11.0. The lowest BCUT2D eigenvalue weighted by atomic mass is 10.0. The first kappa shape index (κ1) is 53.3. The van der Waals surface area contributed by atoms with Crippen LogP contribution in [0.4, 0.5) is 0 Å². The minimum Gasteiger partial charge on any atom is -0.466 e. The van der Waals surface area contributed by atoms with E-state index in [0.717, 1.165) is 70.6 Å². The summed E-state index contributed by atoms with van der Waals surface area (Å²) in [6.45, 7) is 4.83. The number of amides is 1. The zero-order chi connectivity index (χ0) is 40.1. The molecule has 0 heterocycles. The SMILES string of the molecule is CCCCCCCCCC/C=C/C(O)C(CO)NC(=O)CCCCC/C=C\CCCCCCCCOC(=O)CCCCCCCCCCCCCCCCC. The van der Waals surface area contributed by atoms with Gasteiger partial charge < -0.3 is 20.3 Å². The predicted molar refractivity (Wildman–Crippen MR) is 236 cm³/mol. The van der Waals surface area contributed by atoms with Crippen LogP contribution < -0.4 is 5.32 Å². The van der Waals surface area contributed by atoms with Gasteiger partial charge in [0.05, 0.1) is 25.4 Å². The van der Waals surface area contributed by atoms with Gasteiger partial charge in [0, 0.05) is 12.8 Å². The first-order valence-electron chi connectivity index (χ1n) is 24.1. The summed E-state index contributed by atoms with van der Waals surface area (Å²) < 4.78 is 5.45. The van der Waals surface area contributed by atoms with Gasteiger partial charge in [-0.05, 0) is 57.8 Å². The summed E-state index contributed by atoms with van der Waals surface area (Å²) in [7, 11) is 0. The Balaban J connectivity index is 3.50. The molecule has 6 nitrogen and oxygen atoms in total. The molecule has 0 aromatic heterocycles. The van der Waals surface area contributed by atoms with Gasteiger partial charge in [-0.15, -0.1) is 0 Å². The van der Waals surface area contributed by atoms with Crippen molar-refractivity contribution >= 4 is 11.9 Å². The quantitative estimate of drug-likeness (QED) is 0.0325. The van der Waals surface area contributed by atoms with E-state index < -0.39 is 12.1 Å². The van der Waals surface area contributed by atoms with Crippen LogP contribution in [0.5, 0.6) is 0 Å². The molecule has 2 unspecified atom stereocenters. The number of hydrogen-bond acceptors (Lipinski definition) is 5. The number of carbonyl (C=O) groups is 2. The molecule has 55 heavy (non-hydrogen) atoms. The Labute approximate surface area is 341 Å². The fourth-order valence-corrected chi connectivity index (χ4v) is 7.21. The number of rotatable bonds is 44. The highest BCUT2D eigenvalue weighted by atomic mass is 16.5. The van der Waals surface area contributed by atoms with E-state index in [1.165, 1.54) is 154 Å². The molecule has 1 amide bonds. The van der Waals surface area contributed by atoms with Crippen molar-refractivity contribution in [1.82, 2.24) is 5.32 Å². The Morgan fingerprint density at radius 1 is 0.491 bits per heavy atom. The van der Waals surface area contributed by atoms with Gasteiger partial charge in [-0.1, -0.05) is 205 Å². The van der Waals surface area contributed by atoms with Gasteiger partial charge in [0.2, 0.25) is 5.91 Å². The van der Waals surface area contributed by atoms with E-state index in [9.17, 15) is 19.8 Å². The van der Waals surface area contributed by atoms with Gasteiger partial charge in [-0.25, -0.2) is 0 Å². The Hall–Kier alpha value is -1.66. The summed E-state index contributed by atoms with van der Waals surface area (Å²) in [4.78, 5) is 24.4. The lowest BCUT2D eigenvalue weighted by Crippen LogP contribution is -2.45. The number of unbranched alkanes of at least 4 members (excludes halogenated alkanes) is 31. The fourth-order valence-electron chi connectivity index (χ4n) is 7.21. The second-order valence-corrected chi connectivity index (χ2v) is 16.4. The summed E-state index contributed by atoms with van der Waals surface area (Å²) in [6, 6.07) is -0.645. The van der Waals surface area contributed by atoms with Crippen molar-refractivity contribution in [2.45, 2.75) is 264 Å². The monoisotopic (exact) mass is 776 g/mol. The van der Waals surface area contributed by atoms with Crippen LogP contribution in [0.15, 0.2) is 24.3 Å². The van der Waals surface area contributed by atoms with E-state index >= 15 is 0 Å². The lowest BCUT2D eigenvalue weighted by Gasteiger charge is -2.19. The van der Waals surface area contributed by atoms with E-state index in [-0.39, 0.29) is 18.5 Å². The third-order valence-electron chi connectivity index (χ3n) is 11.0. The molecule has 0 bridgehead atoms. The maximum absolute atomic E-state index is 12.3. The molecule has 6 heteroatoms. The Bertz CT molecular complexity index is 858. The molecule has 0 aliphatic carbocycles. The largest absolute Gasteiger partial charge is 0.466 e. The van der Waals surface area contributed by atoms with Crippen LogP contribution in [-0.2, 0) is 14.3 Å². The van der Waals surface area contributed by atoms with Gasteiger partial charge in [-0.2, -0.15) is 0 Å². The van der Waals surface area contributed by atoms with Crippen molar-refractivity contribution in [3.8, 4) is 0 Å². The molecular weight excluding hydrogens is 683 g/mol. The molecule has 0 aliphatic rings. The highest BCUT2D eigenvalue weighted by molar-refractivity contribution is 5.76. The minimum atomic E-state index is -0.858. The van der Waals surface area contributed by atoms with Crippen molar-refractivity contribution in [1.29, 1.82) is 0 Å². The Kier molecular flexibility index (Phi) is 43.7. The number of aliphatic hydroxyl groups is 2. The first-order valence-corrected chi connectivity index (χ1v) is 24.1. The predicted octanol–water partition coefficient (Wildman–Crippen LogP) is 14.0. The number of esters is 1. The summed E-state index contributed by atoms with van der Waals surface area (Å²) in [5, 5.41) is 22.9. The van der Waals surface area contributed by atoms with Crippen LogP contribution in [0.3, 0.4) is 0 Å². The summed E-state index contributed by atoms with van der Waals surface area (Å²) in [5.74, 6) is -0.112. The van der Waals surface area contributed by atoms with Crippen LogP contribution in [0.1, 0.15) is 251 Å². The van der Waals surface area contributed by atoms with Gasteiger partial charge in [-0.3, -0.25) is 9.59 Å². The van der Waals surface area contributed by atoms with E-state index in [2.05, 4.69) is 31.3 Å². The molecule has 2 atom stereocenters. The van der Waals surface area contributed by atoms with Crippen molar-refractivity contribution in [3.05, 3.63) is 24.3 Å². The van der Waals surface area contributed by atoms with E-state index in [1.54, 1.807) is 6.08 Å². The van der Waals surface area contributed by atoms with Crippen molar-refractivity contribution in [2.75, 3.05) is 13.2 Å². The molecule has 3 N–H and O–H groups in total. The third kappa shape index (κ3) is 41.8. The van der Waals surface area contributed by atoms with Crippen LogP contribution in [0.25, 0.3) is 0 Å². The van der Waals surface area contributed by atoms with Crippen molar-refractivity contribution in [3.63, 3.8) is 0 Å². The summed E-state index contributed by atoms with van der Waals surface area (Å²) in [5.41, 5.74) is 0. The maximum atomic E-state index is 12.3. The molecule has 0 aliphatic heterocycles. The molecule has 0 radical (unpaired) electrons. The van der Waals surface area contributed by atoms with Crippen LogP contribution >= 0.6 is 0 Å². The Morgan fingerprint density at radius 3 is 1.31 bits per heavy atom. The molecule has 0 aromatic carbocycles. The van der Waals surface area contributed by atoms with Crippen LogP contribution in [0.2, 0.25) is 0 Å². The highest BCUT2D eigenvalue weighted by Crippen LogP contribution is 2.15. The molecule has 0 spiro atoms. The van der Waals surface area contributed by atoms with Gasteiger partial charge >= 0.3 is 5.97 Å². The maximum Gasteiger partial charge on any atom is 0.305 e. The molecule has 0 fully saturated rings. The highest BCUT2D eigenvalue weighted by Gasteiger charge is 2.18. The molecule has 0 saturated carbocycles. The minimum absolute atomic E-state index is 0.0120. The van der Waals surface area contributed by atoms with Gasteiger partial charge in [0.1, 0.15) is 0 Å². The first-order chi connectivity index (χ1) is 27.0. The standard InChI is InChI=1S/C49H93NO5/c1-3-5-7-9-11-13-15-16-17-20-23-27-31-35-39-43-49(54)55-44-40-36-32-28-24-21-18-19-22-26-30-34-38-42-48(53)50-46(45-51)47(52)41-37-33-29-25-14-12-10-8-6-4-2/h19,22,37,41,46-47,51-52H,3-18,20-21,23-36,38-40,42-45H2,1-2H3,(H,50,53)/b22-19-,41-37+. The topological polar surface area (TPSA) is 95.9 Å². The number of ether oxygens (including phenoxy) is 1. The molecule has 0 rings (SSSR count). The van der Waals surface area contributed by atoms with E-state index in [0.29, 0.717) is 19.4 Å². The van der Waals surface area contributed by atoms with Crippen molar-refractivity contribution < 1.29 is 24.5 Å². The molecule has 324 valence electrons. The zero-order valence-corrected chi connectivity index (χ0v) is 36.7.